The first-order valence-corrected chi connectivity index (χ1v) is 7.77. The second-order valence-electron chi connectivity index (χ2n) is 5.04. The molecule has 1 fully saturated rings. The van der Waals surface area contributed by atoms with Crippen molar-refractivity contribution >= 4 is 5.96 Å². The SMILES string of the molecule is CCNC(=NCCN1CCOCC1)NCCN(C)CC. The van der Waals surface area contributed by atoms with Crippen molar-refractivity contribution in [2.45, 2.75) is 13.8 Å². The summed E-state index contributed by atoms with van der Waals surface area (Å²) in [7, 11) is 2.13. The van der Waals surface area contributed by atoms with Crippen LogP contribution in [0.25, 0.3) is 0 Å². The summed E-state index contributed by atoms with van der Waals surface area (Å²) in [5.41, 5.74) is 0. The zero-order chi connectivity index (χ0) is 14.6. The molecule has 118 valence electrons. The van der Waals surface area contributed by atoms with Crippen LogP contribution in [0.4, 0.5) is 0 Å². The fourth-order valence-electron chi connectivity index (χ4n) is 1.99. The lowest BCUT2D eigenvalue weighted by Crippen LogP contribution is -2.42. The summed E-state index contributed by atoms with van der Waals surface area (Å²) in [4.78, 5) is 9.31. The molecule has 0 atom stereocenters. The smallest absolute Gasteiger partial charge is 0.191 e. The summed E-state index contributed by atoms with van der Waals surface area (Å²) in [5.74, 6) is 0.922. The summed E-state index contributed by atoms with van der Waals surface area (Å²) < 4.78 is 5.34. The normalized spacial score (nSPS) is 17.5. The Bertz CT molecular complexity index is 266. The van der Waals surface area contributed by atoms with E-state index in [4.69, 9.17) is 4.74 Å². The topological polar surface area (TPSA) is 52.1 Å². The van der Waals surface area contributed by atoms with Gasteiger partial charge in [0.05, 0.1) is 19.8 Å². The number of nitrogens with one attached hydrogen (secondary N) is 2. The Labute approximate surface area is 123 Å². The molecule has 0 bridgehead atoms. The number of rotatable bonds is 8. The maximum Gasteiger partial charge on any atom is 0.191 e. The number of ether oxygens (including phenoxy) is 1. The van der Waals surface area contributed by atoms with Gasteiger partial charge in [0.2, 0.25) is 0 Å². The third-order valence-electron chi connectivity index (χ3n) is 3.46. The molecule has 0 saturated carbocycles. The van der Waals surface area contributed by atoms with Crippen molar-refractivity contribution in [3.8, 4) is 0 Å². The molecule has 0 aromatic heterocycles. The summed E-state index contributed by atoms with van der Waals surface area (Å²) >= 11 is 0. The van der Waals surface area contributed by atoms with Crippen molar-refractivity contribution in [2.24, 2.45) is 4.99 Å². The minimum Gasteiger partial charge on any atom is -0.379 e. The molecule has 6 nitrogen and oxygen atoms in total. The van der Waals surface area contributed by atoms with Crippen molar-refractivity contribution < 1.29 is 4.74 Å². The Hall–Kier alpha value is -0.850. The zero-order valence-electron chi connectivity index (χ0n) is 13.3. The molecule has 0 aromatic rings. The maximum absolute atomic E-state index is 5.34. The quantitative estimate of drug-likeness (QED) is 0.479. The van der Waals surface area contributed by atoms with E-state index in [1.54, 1.807) is 0 Å². The van der Waals surface area contributed by atoms with Crippen LogP contribution in [-0.2, 0) is 4.74 Å². The van der Waals surface area contributed by atoms with Gasteiger partial charge in [0, 0.05) is 39.3 Å². The van der Waals surface area contributed by atoms with Gasteiger partial charge in [-0.3, -0.25) is 9.89 Å². The van der Waals surface area contributed by atoms with Crippen LogP contribution >= 0.6 is 0 Å². The molecule has 1 aliphatic heterocycles. The van der Waals surface area contributed by atoms with Crippen LogP contribution in [0.5, 0.6) is 0 Å². The molecule has 0 amide bonds. The highest BCUT2D eigenvalue weighted by molar-refractivity contribution is 5.79. The zero-order valence-corrected chi connectivity index (χ0v) is 13.3. The van der Waals surface area contributed by atoms with Crippen molar-refractivity contribution in [2.75, 3.05) is 72.6 Å². The average molecular weight is 285 g/mol. The Kier molecular flexibility index (Phi) is 9.36. The van der Waals surface area contributed by atoms with E-state index in [1.807, 2.05) is 0 Å². The lowest BCUT2D eigenvalue weighted by Gasteiger charge is -2.25. The largest absolute Gasteiger partial charge is 0.379 e. The van der Waals surface area contributed by atoms with Gasteiger partial charge in [0.15, 0.2) is 5.96 Å². The molecule has 1 saturated heterocycles. The maximum atomic E-state index is 5.34. The van der Waals surface area contributed by atoms with E-state index in [9.17, 15) is 0 Å². The third kappa shape index (κ3) is 7.67. The molecule has 0 aromatic carbocycles. The monoisotopic (exact) mass is 285 g/mol. The molecular weight excluding hydrogens is 254 g/mol. The van der Waals surface area contributed by atoms with Crippen LogP contribution in [0.15, 0.2) is 4.99 Å². The molecule has 1 heterocycles. The Morgan fingerprint density at radius 2 is 2.00 bits per heavy atom. The lowest BCUT2D eigenvalue weighted by molar-refractivity contribution is 0.0394. The second-order valence-corrected chi connectivity index (χ2v) is 5.04. The number of likely N-dealkylation sites (N-methyl/N-ethyl adjacent to an activating group) is 1. The highest BCUT2D eigenvalue weighted by Crippen LogP contribution is 1.95. The minimum atomic E-state index is 0.832. The first-order chi connectivity index (χ1) is 9.76. The molecular formula is C14H31N5O. The van der Waals surface area contributed by atoms with Crippen molar-refractivity contribution in [1.82, 2.24) is 20.4 Å². The number of hydrogen-bond donors (Lipinski definition) is 2. The average Bonchev–Trinajstić information content (AvgIpc) is 2.48. The molecule has 20 heavy (non-hydrogen) atoms. The molecule has 2 N–H and O–H groups in total. The molecule has 6 heteroatoms. The van der Waals surface area contributed by atoms with Crippen LogP contribution in [0, 0.1) is 0 Å². The number of guanidine groups is 1. The van der Waals surface area contributed by atoms with Gasteiger partial charge in [-0.15, -0.1) is 0 Å². The van der Waals surface area contributed by atoms with Crippen LogP contribution in [0.2, 0.25) is 0 Å². The van der Waals surface area contributed by atoms with Gasteiger partial charge in [-0.2, -0.15) is 0 Å². The fraction of sp³-hybridized carbons (Fsp3) is 0.929. The van der Waals surface area contributed by atoms with E-state index in [1.165, 1.54) is 0 Å². The highest BCUT2D eigenvalue weighted by atomic mass is 16.5. The first kappa shape index (κ1) is 17.2. The van der Waals surface area contributed by atoms with Gasteiger partial charge >= 0.3 is 0 Å². The standard InChI is InChI=1S/C14H31N5O/c1-4-15-14(16-6-8-18(3)5-2)17-7-9-19-10-12-20-13-11-19/h4-13H2,1-3H3,(H2,15,16,17). The van der Waals surface area contributed by atoms with Crippen molar-refractivity contribution in [1.29, 1.82) is 0 Å². The molecule has 0 aliphatic carbocycles. The van der Waals surface area contributed by atoms with E-state index in [0.717, 1.165) is 71.5 Å². The van der Waals surface area contributed by atoms with Gasteiger partial charge in [0.1, 0.15) is 0 Å². The van der Waals surface area contributed by atoms with Crippen LogP contribution < -0.4 is 10.6 Å². The van der Waals surface area contributed by atoms with E-state index in [0.29, 0.717) is 0 Å². The third-order valence-corrected chi connectivity index (χ3v) is 3.46. The van der Waals surface area contributed by atoms with Gasteiger partial charge in [0.25, 0.3) is 0 Å². The molecule has 1 aliphatic rings. The van der Waals surface area contributed by atoms with E-state index >= 15 is 0 Å². The van der Waals surface area contributed by atoms with E-state index in [2.05, 4.69) is 46.3 Å². The first-order valence-electron chi connectivity index (χ1n) is 7.77. The molecule has 1 rings (SSSR count). The molecule has 0 unspecified atom stereocenters. The summed E-state index contributed by atoms with van der Waals surface area (Å²) in [6.07, 6.45) is 0. The lowest BCUT2D eigenvalue weighted by atomic mass is 10.4. The number of nitrogens with zero attached hydrogens (tertiary/aromatic N) is 3. The Morgan fingerprint density at radius 1 is 1.25 bits per heavy atom. The van der Waals surface area contributed by atoms with Gasteiger partial charge in [-0.25, -0.2) is 0 Å². The summed E-state index contributed by atoms with van der Waals surface area (Å²) in [5, 5.41) is 6.67. The fourth-order valence-corrected chi connectivity index (χ4v) is 1.99. The minimum absolute atomic E-state index is 0.832. The van der Waals surface area contributed by atoms with Gasteiger partial charge in [-0.05, 0) is 20.5 Å². The van der Waals surface area contributed by atoms with Crippen LogP contribution in [0.3, 0.4) is 0 Å². The Morgan fingerprint density at radius 3 is 2.65 bits per heavy atom. The Balaban J connectivity index is 2.22. The summed E-state index contributed by atoms with van der Waals surface area (Å²) in [6, 6.07) is 0. The van der Waals surface area contributed by atoms with E-state index < -0.39 is 0 Å². The van der Waals surface area contributed by atoms with Crippen LogP contribution in [-0.4, -0.2) is 88.4 Å². The van der Waals surface area contributed by atoms with E-state index in [-0.39, 0.29) is 0 Å². The predicted octanol–water partition coefficient (Wildman–Crippen LogP) is -0.175. The highest BCUT2D eigenvalue weighted by Gasteiger charge is 2.09. The summed E-state index contributed by atoms with van der Waals surface area (Å²) in [6.45, 7) is 13.8. The number of aliphatic imine (C=N–C) groups is 1. The molecule has 0 spiro atoms. The molecule has 0 radical (unpaired) electrons. The van der Waals surface area contributed by atoms with Gasteiger partial charge in [-0.1, -0.05) is 6.92 Å². The van der Waals surface area contributed by atoms with Gasteiger partial charge < -0.3 is 20.3 Å². The second kappa shape index (κ2) is 10.9. The number of hydrogen-bond acceptors (Lipinski definition) is 4. The van der Waals surface area contributed by atoms with Crippen molar-refractivity contribution in [3.63, 3.8) is 0 Å². The predicted molar refractivity (Wildman–Crippen MR) is 84.4 cm³/mol. The van der Waals surface area contributed by atoms with Crippen molar-refractivity contribution in [3.05, 3.63) is 0 Å². The number of morpholine rings is 1. The van der Waals surface area contributed by atoms with Crippen LogP contribution in [0.1, 0.15) is 13.8 Å².